The molecule has 0 radical (unpaired) electrons. The molecule has 0 atom stereocenters. The zero-order chi connectivity index (χ0) is 22.5. The number of ether oxygens (including phenoxy) is 1. The summed E-state index contributed by atoms with van der Waals surface area (Å²) >= 11 is 5.80. The number of amides is 2. The van der Waals surface area contributed by atoms with E-state index in [1.807, 2.05) is 20.8 Å². The molecule has 2 rings (SSSR count). The fraction of sp³-hybridized carbons (Fsp3) is 0.333. The molecule has 0 saturated carbocycles. The Labute approximate surface area is 179 Å². The standard InChI is InChI=1S/C21H24ClN3O5/c1-5-24(13-19(26)23-21(2,3)4)20(27)14-6-9-16(10-7-14)30-18-11-8-15(22)12-17(18)25(28)29/h6-12H,5,13H2,1-4H3,(H,23,26). The van der Waals surface area contributed by atoms with Crippen molar-refractivity contribution in [3.63, 3.8) is 0 Å². The first-order valence-electron chi connectivity index (χ1n) is 9.32. The molecule has 8 nitrogen and oxygen atoms in total. The SMILES string of the molecule is CCN(CC(=O)NC(C)(C)C)C(=O)c1ccc(Oc2ccc(Cl)cc2[N+](=O)[O-])cc1. The van der Waals surface area contributed by atoms with E-state index in [0.717, 1.165) is 0 Å². The Morgan fingerprint density at radius 1 is 1.17 bits per heavy atom. The summed E-state index contributed by atoms with van der Waals surface area (Å²) in [6.07, 6.45) is 0. The van der Waals surface area contributed by atoms with Gasteiger partial charge in [0.05, 0.1) is 11.5 Å². The molecule has 0 aliphatic rings. The number of hydrogen-bond acceptors (Lipinski definition) is 5. The Bertz CT molecular complexity index is 939. The fourth-order valence-corrected chi connectivity index (χ4v) is 2.82. The summed E-state index contributed by atoms with van der Waals surface area (Å²) < 4.78 is 5.58. The van der Waals surface area contributed by atoms with Crippen molar-refractivity contribution in [3.05, 3.63) is 63.2 Å². The molecule has 2 aromatic carbocycles. The molecule has 2 aromatic rings. The number of benzene rings is 2. The molecule has 0 saturated heterocycles. The Kier molecular flexibility index (Phi) is 7.39. The normalized spacial score (nSPS) is 11.0. The number of nitro benzene ring substituents is 1. The fourth-order valence-electron chi connectivity index (χ4n) is 2.65. The molecule has 30 heavy (non-hydrogen) atoms. The second-order valence-corrected chi connectivity index (χ2v) is 8.05. The molecule has 0 aliphatic heterocycles. The van der Waals surface area contributed by atoms with Gasteiger partial charge >= 0.3 is 5.69 Å². The van der Waals surface area contributed by atoms with Crippen LogP contribution in [0.4, 0.5) is 5.69 Å². The number of nitro groups is 1. The summed E-state index contributed by atoms with van der Waals surface area (Å²) in [7, 11) is 0. The van der Waals surface area contributed by atoms with Crippen LogP contribution in [-0.2, 0) is 4.79 Å². The van der Waals surface area contributed by atoms with E-state index < -0.39 is 4.92 Å². The first-order valence-corrected chi connectivity index (χ1v) is 9.70. The highest BCUT2D eigenvalue weighted by Gasteiger charge is 2.21. The van der Waals surface area contributed by atoms with Crippen LogP contribution in [0.2, 0.25) is 5.02 Å². The van der Waals surface area contributed by atoms with Gasteiger partial charge in [-0.2, -0.15) is 0 Å². The summed E-state index contributed by atoms with van der Waals surface area (Å²) in [5.41, 5.74) is -0.272. The maximum absolute atomic E-state index is 12.7. The van der Waals surface area contributed by atoms with Gasteiger partial charge in [-0.05, 0) is 64.1 Å². The van der Waals surface area contributed by atoms with Crippen molar-refractivity contribution in [1.82, 2.24) is 10.2 Å². The molecule has 0 spiro atoms. The van der Waals surface area contributed by atoms with E-state index in [1.54, 1.807) is 19.1 Å². The smallest absolute Gasteiger partial charge is 0.313 e. The predicted octanol–water partition coefficient (Wildman–Crippen LogP) is 4.42. The topological polar surface area (TPSA) is 102 Å². The molecule has 1 N–H and O–H groups in total. The zero-order valence-corrected chi connectivity index (χ0v) is 18.0. The Morgan fingerprint density at radius 3 is 2.33 bits per heavy atom. The van der Waals surface area contributed by atoms with Crippen molar-refractivity contribution < 1.29 is 19.2 Å². The van der Waals surface area contributed by atoms with E-state index in [-0.39, 0.29) is 40.4 Å². The van der Waals surface area contributed by atoms with Crippen LogP contribution in [0.5, 0.6) is 11.5 Å². The van der Waals surface area contributed by atoms with Crippen molar-refractivity contribution in [3.8, 4) is 11.5 Å². The molecule has 2 amide bonds. The highest BCUT2D eigenvalue weighted by Crippen LogP contribution is 2.33. The van der Waals surface area contributed by atoms with Crippen LogP contribution in [0.1, 0.15) is 38.1 Å². The zero-order valence-electron chi connectivity index (χ0n) is 17.3. The van der Waals surface area contributed by atoms with Gasteiger partial charge in [0.1, 0.15) is 5.75 Å². The number of hydrogen-bond donors (Lipinski definition) is 1. The van der Waals surface area contributed by atoms with Crippen LogP contribution in [-0.4, -0.2) is 40.3 Å². The lowest BCUT2D eigenvalue weighted by Gasteiger charge is -2.25. The predicted molar refractivity (Wildman–Crippen MR) is 114 cm³/mol. The van der Waals surface area contributed by atoms with Gasteiger partial charge in [-0.1, -0.05) is 11.6 Å². The summed E-state index contributed by atoms with van der Waals surface area (Å²) in [5, 5.41) is 14.2. The van der Waals surface area contributed by atoms with E-state index in [2.05, 4.69) is 5.32 Å². The maximum Gasteiger partial charge on any atom is 0.313 e. The lowest BCUT2D eigenvalue weighted by atomic mass is 10.1. The van der Waals surface area contributed by atoms with Gasteiger partial charge < -0.3 is 15.0 Å². The average molecular weight is 434 g/mol. The van der Waals surface area contributed by atoms with Crippen LogP contribution in [0.15, 0.2) is 42.5 Å². The van der Waals surface area contributed by atoms with Crippen LogP contribution in [0, 0.1) is 10.1 Å². The summed E-state index contributed by atoms with van der Waals surface area (Å²) in [6, 6.07) is 10.3. The van der Waals surface area contributed by atoms with Crippen LogP contribution < -0.4 is 10.1 Å². The van der Waals surface area contributed by atoms with Gasteiger partial charge in [0.2, 0.25) is 11.7 Å². The second kappa shape index (κ2) is 9.58. The first kappa shape index (κ1) is 23.2. The van der Waals surface area contributed by atoms with Gasteiger partial charge in [0.15, 0.2) is 0 Å². The lowest BCUT2D eigenvalue weighted by Crippen LogP contribution is -2.47. The number of carbonyl (C=O) groups excluding carboxylic acids is 2. The third-order valence-electron chi connectivity index (χ3n) is 3.96. The Morgan fingerprint density at radius 2 is 1.80 bits per heavy atom. The highest BCUT2D eigenvalue weighted by atomic mass is 35.5. The molecule has 0 heterocycles. The van der Waals surface area contributed by atoms with E-state index in [0.29, 0.717) is 17.9 Å². The summed E-state index contributed by atoms with van der Waals surface area (Å²) in [6.45, 7) is 7.71. The summed E-state index contributed by atoms with van der Waals surface area (Å²) in [4.78, 5) is 36.9. The summed E-state index contributed by atoms with van der Waals surface area (Å²) in [5.74, 6) is -0.179. The third-order valence-corrected chi connectivity index (χ3v) is 4.20. The second-order valence-electron chi connectivity index (χ2n) is 7.61. The quantitative estimate of drug-likeness (QED) is 0.514. The first-order chi connectivity index (χ1) is 14.0. The molecule has 9 heteroatoms. The molecule has 0 aromatic heterocycles. The number of carbonyl (C=O) groups is 2. The minimum absolute atomic E-state index is 0.0394. The molecule has 0 fully saturated rings. The van der Waals surface area contributed by atoms with Gasteiger partial charge in [-0.15, -0.1) is 0 Å². The van der Waals surface area contributed by atoms with E-state index >= 15 is 0 Å². The van der Waals surface area contributed by atoms with Crippen molar-refractivity contribution in [2.75, 3.05) is 13.1 Å². The van der Waals surface area contributed by atoms with Gasteiger partial charge in [-0.25, -0.2) is 0 Å². The van der Waals surface area contributed by atoms with Crippen molar-refractivity contribution >= 4 is 29.1 Å². The highest BCUT2D eigenvalue weighted by molar-refractivity contribution is 6.30. The van der Waals surface area contributed by atoms with Gasteiger partial charge in [0.25, 0.3) is 5.91 Å². The van der Waals surface area contributed by atoms with Crippen LogP contribution in [0.25, 0.3) is 0 Å². The molecule has 0 unspecified atom stereocenters. The number of rotatable bonds is 7. The van der Waals surface area contributed by atoms with Crippen LogP contribution >= 0.6 is 11.6 Å². The van der Waals surface area contributed by atoms with Gasteiger partial charge in [-0.3, -0.25) is 19.7 Å². The van der Waals surface area contributed by atoms with E-state index in [1.165, 1.54) is 35.2 Å². The van der Waals surface area contributed by atoms with Crippen molar-refractivity contribution in [2.24, 2.45) is 0 Å². The number of nitrogens with one attached hydrogen (secondary N) is 1. The largest absolute Gasteiger partial charge is 0.450 e. The third kappa shape index (κ3) is 6.45. The minimum atomic E-state index is -0.582. The number of likely N-dealkylation sites (N-methyl/N-ethyl adjacent to an activating group) is 1. The molecular formula is C21H24ClN3O5. The monoisotopic (exact) mass is 433 g/mol. The molecule has 160 valence electrons. The average Bonchev–Trinajstić information content (AvgIpc) is 2.66. The van der Waals surface area contributed by atoms with Gasteiger partial charge in [0, 0.05) is 28.7 Å². The number of halogens is 1. The Balaban J connectivity index is 2.12. The maximum atomic E-state index is 12.7. The van der Waals surface area contributed by atoms with E-state index in [9.17, 15) is 19.7 Å². The molecule has 0 bridgehead atoms. The lowest BCUT2D eigenvalue weighted by molar-refractivity contribution is -0.385. The number of nitrogens with zero attached hydrogens (tertiary/aromatic N) is 2. The van der Waals surface area contributed by atoms with E-state index in [4.69, 9.17) is 16.3 Å². The Hall–Kier alpha value is -3.13. The van der Waals surface area contributed by atoms with Crippen molar-refractivity contribution in [2.45, 2.75) is 33.2 Å². The minimum Gasteiger partial charge on any atom is -0.450 e. The van der Waals surface area contributed by atoms with Crippen LogP contribution in [0.3, 0.4) is 0 Å². The van der Waals surface area contributed by atoms with Crippen molar-refractivity contribution in [1.29, 1.82) is 0 Å². The molecular weight excluding hydrogens is 410 g/mol. The molecule has 0 aliphatic carbocycles.